The number of rotatable bonds is 12. The Morgan fingerprint density at radius 1 is 1.31 bits per heavy atom. The summed E-state index contributed by atoms with van der Waals surface area (Å²) in [5, 5.41) is 7.46. The van der Waals surface area contributed by atoms with Gasteiger partial charge in [-0.25, -0.2) is 4.98 Å². The van der Waals surface area contributed by atoms with Crippen molar-refractivity contribution in [1.29, 1.82) is 5.41 Å². The van der Waals surface area contributed by atoms with Crippen molar-refractivity contribution in [2.45, 2.75) is 44.4 Å². The highest BCUT2D eigenvalue weighted by molar-refractivity contribution is 6.76. The Hall–Kier alpha value is -2.84. The standard InChI is InChI=1S/C24H31N3O4Si/c1-32(2,3)13-12-29-17-27-22(8-10-25)18-4-7-24(26-15-18)31-20-5-6-21-19(9-11-28)16-30-23(21)14-20/h4-7,10-11,14-15,19,25H,8-9,12-13,16-17H2,1-3H3. The number of nitrogens with zero attached hydrogens (tertiary/aromatic N) is 2. The van der Waals surface area contributed by atoms with Gasteiger partial charge in [0.05, 0.1) is 12.3 Å². The molecule has 7 nitrogen and oxygen atoms in total. The second-order valence-electron chi connectivity index (χ2n) is 8.96. The Balaban J connectivity index is 1.61. The molecule has 0 bridgehead atoms. The maximum Gasteiger partial charge on any atom is 0.219 e. The molecule has 1 N–H and O–H groups in total. The zero-order valence-electron chi connectivity index (χ0n) is 19.0. The van der Waals surface area contributed by atoms with E-state index < -0.39 is 8.07 Å². The van der Waals surface area contributed by atoms with Crippen LogP contribution >= 0.6 is 0 Å². The van der Waals surface area contributed by atoms with Crippen molar-refractivity contribution in [2.75, 3.05) is 19.9 Å². The third-order valence-electron chi connectivity index (χ3n) is 5.18. The average Bonchev–Trinajstić information content (AvgIpc) is 3.15. The van der Waals surface area contributed by atoms with Crippen LogP contribution in [0.5, 0.6) is 17.4 Å². The number of fused-ring (bicyclic) bond motifs is 1. The van der Waals surface area contributed by atoms with Gasteiger partial charge in [-0.2, -0.15) is 0 Å². The number of pyridine rings is 1. The first kappa shape index (κ1) is 23.8. The fourth-order valence-electron chi connectivity index (χ4n) is 3.30. The Kier molecular flexibility index (Phi) is 8.30. The molecule has 170 valence electrons. The fraction of sp³-hybridized carbons (Fsp3) is 0.417. The molecule has 0 radical (unpaired) electrons. The van der Waals surface area contributed by atoms with E-state index in [0.717, 1.165) is 34.9 Å². The molecule has 1 unspecified atom stereocenters. The Morgan fingerprint density at radius 3 is 2.84 bits per heavy atom. The summed E-state index contributed by atoms with van der Waals surface area (Å²) in [7, 11) is -1.12. The van der Waals surface area contributed by atoms with Crippen LogP contribution in [0, 0.1) is 5.41 Å². The minimum absolute atomic E-state index is 0.111. The molecule has 1 aromatic carbocycles. The number of carbonyl (C=O) groups is 1. The van der Waals surface area contributed by atoms with Gasteiger partial charge < -0.3 is 24.4 Å². The number of ether oxygens (including phenoxy) is 3. The number of nitrogens with one attached hydrogen (secondary N) is 1. The first-order valence-electron chi connectivity index (χ1n) is 10.8. The normalized spacial score (nSPS) is 15.7. The molecule has 3 rings (SSSR count). The SMILES string of the molecule is C[Si](C)(C)CCOCN=C(CC=N)c1ccc(Oc2ccc3c(c2)OCC3CC=O)nc1. The molecule has 1 atom stereocenters. The quantitative estimate of drug-likeness (QED) is 0.209. The van der Waals surface area contributed by atoms with Crippen LogP contribution in [0.2, 0.25) is 25.7 Å². The highest BCUT2D eigenvalue weighted by atomic mass is 28.3. The number of benzene rings is 1. The fourth-order valence-corrected chi connectivity index (χ4v) is 4.06. The Bertz CT molecular complexity index is 955. The third kappa shape index (κ3) is 6.83. The average molecular weight is 454 g/mol. The summed E-state index contributed by atoms with van der Waals surface area (Å²) in [5.41, 5.74) is 2.63. The van der Waals surface area contributed by atoms with Crippen LogP contribution in [0.4, 0.5) is 0 Å². The van der Waals surface area contributed by atoms with Crippen LogP contribution in [0.3, 0.4) is 0 Å². The van der Waals surface area contributed by atoms with Crippen LogP contribution in [0.1, 0.15) is 29.9 Å². The monoisotopic (exact) mass is 453 g/mol. The maximum atomic E-state index is 10.8. The lowest BCUT2D eigenvalue weighted by atomic mass is 9.99. The van der Waals surface area contributed by atoms with E-state index in [-0.39, 0.29) is 12.6 Å². The number of hydrogen-bond donors (Lipinski definition) is 1. The van der Waals surface area contributed by atoms with Gasteiger partial charge in [0.2, 0.25) is 5.88 Å². The summed E-state index contributed by atoms with van der Waals surface area (Å²) >= 11 is 0. The molecule has 1 aliphatic heterocycles. The van der Waals surface area contributed by atoms with Gasteiger partial charge in [0.25, 0.3) is 0 Å². The van der Waals surface area contributed by atoms with Crippen molar-refractivity contribution in [3.63, 3.8) is 0 Å². The number of carbonyl (C=O) groups excluding carboxylic acids is 1. The van der Waals surface area contributed by atoms with Crippen LogP contribution in [-0.4, -0.2) is 51.2 Å². The zero-order valence-corrected chi connectivity index (χ0v) is 20.0. The van der Waals surface area contributed by atoms with E-state index in [0.29, 0.717) is 37.7 Å². The summed E-state index contributed by atoms with van der Waals surface area (Å²) in [5.74, 6) is 1.94. The van der Waals surface area contributed by atoms with Gasteiger partial charge in [-0.3, -0.25) is 4.99 Å². The molecule has 1 aliphatic rings. The van der Waals surface area contributed by atoms with Crippen LogP contribution in [-0.2, 0) is 9.53 Å². The largest absolute Gasteiger partial charge is 0.492 e. The second-order valence-corrected chi connectivity index (χ2v) is 14.6. The topological polar surface area (TPSA) is 93.9 Å². The minimum atomic E-state index is -1.12. The van der Waals surface area contributed by atoms with Gasteiger partial charge in [0.15, 0.2) is 0 Å². The summed E-state index contributed by atoms with van der Waals surface area (Å²) in [6.07, 6.45) is 4.83. The molecule has 2 aromatic rings. The molecule has 8 heteroatoms. The maximum absolute atomic E-state index is 10.8. The van der Waals surface area contributed by atoms with Gasteiger partial charge in [-0.15, -0.1) is 0 Å². The van der Waals surface area contributed by atoms with Gasteiger partial charge >= 0.3 is 0 Å². The van der Waals surface area contributed by atoms with E-state index >= 15 is 0 Å². The van der Waals surface area contributed by atoms with Crippen LogP contribution in [0.15, 0.2) is 41.5 Å². The Morgan fingerprint density at radius 2 is 2.16 bits per heavy atom. The molecule has 0 spiro atoms. The third-order valence-corrected chi connectivity index (χ3v) is 6.88. The van der Waals surface area contributed by atoms with E-state index in [1.807, 2.05) is 24.3 Å². The predicted octanol–water partition coefficient (Wildman–Crippen LogP) is 5.08. The molecule has 0 saturated carbocycles. The smallest absolute Gasteiger partial charge is 0.219 e. The number of aldehydes is 1. The van der Waals surface area contributed by atoms with E-state index in [4.69, 9.17) is 19.6 Å². The lowest BCUT2D eigenvalue weighted by Gasteiger charge is -2.14. The van der Waals surface area contributed by atoms with Gasteiger partial charge in [-0.1, -0.05) is 25.7 Å². The first-order chi connectivity index (χ1) is 15.4. The highest BCUT2D eigenvalue weighted by Gasteiger charge is 2.24. The molecule has 1 aromatic heterocycles. The van der Waals surface area contributed by atoms with Crippen molar-refractivity contribution in [2.24, 2.45) is 4.99 Å². The highest BCUT2D eigenvalue weighted by Crippen LogP contribution is 2.38. The molecule has 2 heterocycles. The summed E-state index contributed by atoms with van der Waals surface area (Å²) < 4.78 is 17.2. The first-order valence-corrected chi connectivity index (χ1v) is 14.5. The van der Waals surface area contributed by atoms with E-state index in [9.17, 15) is 4.79 Å². The molecule has 32 heavy (non-hydrogen) atoms. The number of hydrogen-bond acceptors (Lipinski definition) is 7. The van der Waals surface area contributed by atoms with Crippen molar-refractivity contribution in [3.8, 4) is 17.4 Å². The number of aromatic nitrogens is 1. The van der Waals surface area contributed by atoms with Gasteiger partial charge in [0, 0.05) is 69.1 Å². The van der Waals surface area contributed by atoms with Crippen molar-refractivity contribution < 1.29 is 19.0 Å². The van der Waals surface area contributed by atoms with Crippen molar-refractivity contribution >= 4 is 26.3 Å². The lowest BCUT2D eigenvalue weighted by molar-refractivity contribution is -0.108. The number of aliphatic imine (C=N–C) groups is 1. The molecule has 0 amide bonds. The molecule has 0 fully saturated rings. The lowest BCUT2D eigenvalue weighted by Crippen LogP contribution is -2.21. The minimum Gasteiger partial charge on any atom is -0.492 e. The van der Waals surface area contributed by atoms with Gasteiger partial charge in [0.1, 0.15) is 24.5 Å². The second kappa shape index (κ2) is 11.1. The van der Waals surface area contributed by atoms with Crippen molar-refractivity contribution in [1.82, 2.24) is 4.98 Å². The van der Waals surface area contributed by atoms with E-state index in [1.54, 1.807) is 12.3 Å². The van der Waals surface area contributed by atoms with Crippen molar-refractivity contribution in [3.05, 3.63) is 47.7 Å². The molecule has 0 saturated heterocycles. The summed E-state index contributed by atoms with van der Waals surface area (Å²) in [4.78, 5) is 19.7. The molecular formula is C24H31N3O4Si. The Labute approximate surface area is 190 Å². The van der Waals surface area contributed by atoms with E-state index in [1.165, 1.54) is 6.21 Å². The summed E-state index contributed by atoms with van der Waals surface area (Å²) in [6, 6.07) is 10.4. The summed E-state index contributed by atoms with van der Waals surface area (Å²) in [6.45, 7) is 8.46. The van der Waals surface area contributed by atoms with Gasteiger partial charge in [-0.05, 0) is 18.2 Å². The van der Waals surface area contributed by atoms with Crippen LogP contribution in [0.25, 0.3) is 0 Å². The van der Waals surface area contributed by atoms with E-state index in [2.05, 4.69) is 29.6 Å². The predicted molar refractivity (Wildman–Crippen MR) is 129 cm³/mol. The molecule has 0 aliphatic carbocycles. The van der Waals surface area contributed by atoms with Crippen LogP contribution < -0.4 is 9.47 Å². The molecular weight excluding hydrogens is 422 g/mol. The zero-order chi connectivity index (χ0) is 23.0.